The van der Waals surface area contributed by atoms with Crippen LogP contribution < -0.4 is 11.1 Å². The molecule has 0 saturated heterocycles. The van der Waals surface area contributed by atoms with Crippen LogP contribution in [0.2, 0.25) is 0 Å². The molecule has 1 unspecified atom stereocenters. The molecule has 1 aromatic carbocycles. The van der Waals surface area contributed by atoms with Gasteiger partial charge in [-0.2, -0.15) is 11.8 Å². The maximum absolute atomic E-state index is 6.06. The Kier molecular flexibility index (Phi) is 4.35. The van der Waals surface area contributed by atoms with Crippen molar-refractivity contribution in [1.29, 1.82) is 0 Å². The number of rotatable bonds is 5. The molecule has 0 amide bonds. The minimum absolute atomic E-state index is 0.670. The summed E-state index contributed by atoms with van der Waals surface area (Å²) in [5.41, 5.74) is 8.90. The van der Waals surface area contributed by atoms with Gasteiger partial charge in [0.2, 0.25) is 0 Å². The number of hydrogen-bond donors (Lipinski definition) is 2. The van der Waals surface area contributed by atoms with Crippen molar-refractivity contribution in [3.63, 3.8) is 0 Å². The van der Waals surface area contributed by atoms with Crippen molar-refractivity contribution >= 4 is 44.7 Å². The predicted octanol–water partition coefficient (Wildman–Crippen LogP) is 3.74. The minimum atomic E-state index is 0.670. The Balaban J connectivity index is 2.10. The zero-order chi connectivity index (χ0) is 13.1. The first-order valence-electron chi connectivity index (χ1n) is 6.03. The molecule has 0 saturated carbocycles. The van der Waals surface area contributed by atoms with Gasteiger partial charge in [-0.15, -0.1) is 11.3 Å². The molecule has 0 aliphatic rings. The number of nitrogens with one attached hydrogen (secondary N) is 1. The number of fused-ring (bicyclic) bond motifs is 1. The van der Waals surface area contributed by atoms with Crippen molar-refractivity contribution in [2.75, 3.05) is 23.9 Å². The van der Waals surface area contributed by atoms with Crippen molar-refractivity contribution in [3.05, 3.63) is 17.1 Å². The molecule has 2 rings (SSSR count). The minimum Gasteiger partial charge on any atom is -0.397 e. The van der Waals surface area contributed by atoms with E-state index in [0.29, 0.717) is 5.25 Å². The molecule has 0 aliphatic heterocycles. The third-order valence-electron chi connectivity index (χ3n) is 2.94. The first kappa shape index (κ1) is 13.5. The lowest BCUT2D eigenvalue weighted by molar-refractivity contribution is 0.854. The first-order valence-corrected chi connectivity index (χ1v) is 8.14. The van der Waals surface area contributed by atoms with Crippen LogP contribution in [0, 0.1) is 6.92 Å². The van der Waals surface area contributed by atoms with Crippen LogP contribution in [-0.4, -0.2) is 23.0 Å². The molecule has 5 heteroatoms. The molecule has 0 fully saturated rings. The maximum Gasteiger partial charge on any atom is 0.0907 e. The van der Waals surface area contributed by atoms with Crippen molar-refractivity contribution in [2.45, 2.75) is 25.5 Å². The zero-order valence-corrected chi connectivity index (χ0v) is 12.6. The van der Waals surface area contributed by atoms with Crippen LogP contribution in [0.3, 0.4) is 0 Å². The highest BCUT2D eigenvalue weighted by atomic mass is 32.2. The second kappa shape index (κ2) is 5.80. The smallest absolute Gasteiger partial charge is 0.0907 e. The van der Waals surface area contributed by atoms with Crippen molar-refractivity contribution in [2.24, 2.45) is 0 Å². The van der Waals surface area contributed by atoms with Crippen molar-refractivity contribution in [1.82, 2.24) is 4.98 Å². The number of aromatic nitrogens is 1. The highest BCUT2D eigenvalue weighted by Crippen LogP contribution is 2.29. The molecule has 98 valence electrons. The summed E-state index contributed by atoms with van der Waals surface area (Å²) in [7, 11) is 0. The average molecular weight is 281 g/mol. The lowest BCUT2D eigenvalue weighted by atomic mass is 10.2. The molecule has 2 aromatic rings. The summed E-state index contributed by atoms with van der Waals surface area (Å²) in [6.45, 7) is 5.21. The number of thioether (sulfide) groups is 1. The molecule has 1 atom stereocenters. The van der Waals surface area contributed by atoms with Crippen LogP contribution in [0.25, 0.3) is 10.2 Å². The van der Waals surface area contributed by atoms with Crippen LogP contribution in [0.1, 0.15) is 18.4 Å². The van der Waals surface area contributed by atoms with Gasteiger partial charge in [0.25, 0.3) is 0 Å². The second-order valence-corrected chi connectivity index (χ2v) is 6.91. The van der Waals surface area contributed by atoms with Gasteiger partial charge in [-0.05, 0) is 31.7 Å². The molecule has 3 nitrogen and oxygen atoms in total. The molecule has 0 aliphatic carbocycles. The third kappa shape index (κ3) is 3.09. The van der Waals surface area contributed by atoms with Crippen molar-refractivity contribution in [3.8, 4) is 0 Å². The molecule has 3 N–H and O–H groups in total. The van der Waals surface area contributed by atoms with E-state index < -0.39 is 0 Å². The zero-order valence-electron chi connectivity index (χ0n) is 11.0. The van der Waals surface area contributed by atoms with E-state index in [2.05, 4.69) is 29.5 Å². The molecule has 0 radical (unpaired) electrons. The Labute approximate surface area is 116 Å². The van der Waals surface area contributed by atoms with E-state index >= 15 is 0 Å². The Hall–Kier alpha value is -0.940. The fourth-order valence-corrected chi connectivity index (χ4v) is 3.00. The summed E-state index contributed by atoms with van der Waals surface area (Å²) in [5, 5.41) is 5.16. The van der Waals surface area contributed by atoms with Crippen LogP contribution in [0.4, 0.5) is 11.4 Å². The van der Waals surface area contributed by atoms with Gasteiger partial charge >= 0.3 is 0 Å². The normalized spacial score (nSPS) is 12.8. The molecular formula is C13H19N3S2. The quantitative estimate of drug-likeness (QED) is 0.820. The standard InChI is InChI=1S/C13H19N3S2/c1-8(17-3)4-5-15-11-7-12-13(6-10(11)14)18-9(2)16-12/h6-8,15H,4-5,14H2,1-3H3. The lowest BCUT2D eigenvalue weighted by Crippen LogP contribution is -2.09. The van der Waals surface area contributed by atoms with Gasteiger partial charge < -0.3 is 11.1 Å². The number of nitrogens with zero attached hydrogens (tertiary/aromatic N) is 1. The molecule has 18 heavy (non-hydrogen) atoms. The summed E-state index contributed by atoms with van der Waals surface area (Å²) in [5.74, 6) is 0. The Morgan fingerprint density at radius 2 is 2.28 bits per heavy atom. The van der Waals surface area contributed by atoms with Gasteiger partial charge in [-0.3, -0.25) is 0 Å². The molecule has 0 spiro atoms. The summed E-state index contributed by atoms with van der Waals surface area (Å²) in [4.78, 5) is 4.49. The molecule has 1 aromatic heterocycles. The summed E-state index contributed by atoms with van der Waals surface area (Å²) >= 11 is 3.57. The average Bonchev–Trinajstić information content (AvgIpc) is 2.68. The Morgan fingerprint density at radius 3 is 3.00 bits per heavy atom. The number of benzene rings is 1. The van der Waals surface area contributed by atoms with Gasteiger partial charge in [-0.1, -0.05) is 6.92 Å². The highest BCUT2D eigenvalue weighted by molar-refractivity contribution is 7.99. The fraction of sp³-hybridized carbons (Fsp3) is 0.462. The highest BCUT2D eigenvalue weighted by Gasteiger charge is 2.06. The Morgan fingerprint density at radius 1 is 1.50 bits per heavy atom. The number of hydrogen-bond acceptors (Lipinski definition) is 5. The van der Waals surface area contributed by atoms with E-state index in [0.717, 1.165) is 39.6 Å². The lowest BCUT2D eigenvalue weighted by Gasteiger charge is -2.11. The Bertz CT molecular complexity index is 536. The number of aryl methyl sites for hydroxylation is 1. The largest absolute Gasteiger partial charge is 0.397 e. The van der Waals surface area contributed by atoms with Crippen LogP contribution in [0.15, 0.2) is 12.1 Å². The number of thiazole rings is 1. The first-order chi connectivity index (χ1) is 8.60. The SMILES string of the molecule is CSC(C)CCNc1cc2nc(C)sc2cc1N. The van der Waals surface area contributed by atoms with Gasteiger partial charge in [-0.25, -0.2) is 4.98 Å². The topological polar surface area (TPSA) is 50.9 Å². The molecule has 1 heterocycles. The fourth-order valence-electron chi connectivity index (χ4n) is 1.79. The van der Waals surface area contributed by atoms with E-state index in [1.165, 1.54) is 0 Å². The number of nitrogens with two attached hydrogens (primary N) is 1. The van der Waals surface area contributed by atoms with E-state index in [-0.39, 0.29) is 0 Å². The van der Waals surface area contributed by atoms with Gasteiger partial charge in [0.1, 0.15) is 0 Å². The van der Waals surface area contributed by atoms with Crippen LogP contribution >= 0.6 is 23.1 Å². The van der Waals surface area contributed by atoms with E-state index in [1.807, 2.05) is 24.8 Å². The number of anilines is 2. The van der Waals surface area contributed by atoms with Gasteiger partial charge in [0, 0.05) is 11.8 Å². The van der Waals surface area contributed by atoms with Gasteiger partial charge in [0.05, 0.1) is 26.6 Å². The van der Waals surface area contributed by atoms with E-state index in [1.54, 1.807) is 11.3 Å². The summed E-state index contributed by atoms with van der Waals surface area (Å²) < 4.78 is 1.16. The molecular weight excluding hydrogens is 262 g/mol. The predicted molar refractivity (Wildman–Crippen MR) is 84.9 cm³/mol. The van der Waals surface area contributed by atoms with Crippen LogP contribution in [-0.2, 0) is 0 Å². The monoisotopic (exact) mass is 281 g/mol. The second-order valence-electron chi connectivity index (χ2n) is 4.40. The molecule has 0 bridgehead atoms. The van der Waals surface area contributed by atoms with Gasteiger partial charge in [0.15, 0.2) is 0 Å². The van der Waals surface area contributed by atoms with Crippen LogP contribution in [0.5, 0.6) is 0 Å². The third-order valence-corrected chi connectivity index (χ3v) is 4.91. The summed E-state index contributed by atoms with van der Waals surface area (Å²) in [6.07, 6.45) is 3.28. The summed E-state index contributed by atoms with van der Waals surface area (Å²) in [6, 6.07) is 4.07. The van der Waals surface area contributed by atoms with Crippen molar-refractivity contribution < 1.29 is 0 Å². The maximum atomic E-state index is 6.06. The van der Waals surface area contributed by atoms with E-state index in [4.69, 9.17) is 5.73 Å². The van der Waals surface area contributed by atoms with E-state index in [9.17, 15) is 0 Å². The number of nitrogen functional groups attached to an aromatic ring is 1.